The summed E-state index contributed by atoms with van der Waals surface area (Å²) in [6.07, 6.45) is 0.576. The van der Waals surface area contributed by atoms with Crippen molar-refractivity contribution in [2.45, 2.75) is 32.7 Å². The fraction of sp³-hybridized carbons (Fsp3) is 0.250. The molecule has 7 nitrogen and oxygen atoms in total. The third-order valence-corrected chi connectivity index (χ3v) is 5.78. The number of hydrogen-bond acceptors (Lipinski definition) is 7. The second-order valence-electron chi connectivity index (χ2n) is 7.50. The Bertz CT molecular complexity index is 1240. The van der Waals surface area contributed by atoms with Gasteiger partial charge in [0.05, 0.1) is 34.1 Å². The van der Waals surface area contributed by atoms with Crippen LogP contribution in [0.1, 0.15) is 37.2 Å². The van der Waals surface area contributed by atoms with Crippen molar-refractivity contribution in [1.82, 2.24) is 15.0 Å². The van der Waals surface area contributed by atoms with E-state index in [-0.39, 0.29) is 12.5 Å². The Labute approximate surface area is 190 Å². The number of fused-ring (bicyclic) bond motifs is 1. The van der Waals surface area contributed by atoms with E-state index in [1.54, 1.807) is 11.3 Å². The van der Waals surface area contributed by atoms with Crippen molar-refractivity contribution in [2.75, 3.05) is 11.9 Å². The van der Waals surface area contributed by atoms with E-state index in [1.807, 2.05) is 54.9 Å². The van der Waals surface area contributed by atoms with E-state index in [4.69, 9.17) is 9.84 Å². The Morgan fingerprint density at radius 1 is 1.19 bits per heavy atom. The first-order valence-corrected chi connectivity index (χ1v) is 11.3. The fourth-order valence-electron chi connectivity index (χ4n) is 3.40. The molecule has 0 amide bonds. The number of aliphatic carboxylic acids is 1. The summed E-state index contributed by atoms with van der Waals surface area (Å²) >= 11 is 1.61. The normalized spacial score (nSPS) is 11.9. The molecule has 2 aromatic heterocycles. The Balaban J connectivity index is 1.48. The molecule has 0 aliphatic carbocycles. The molecule has 2 N–H and O–H groups in total. The Kier molecular flexibility index (Phi) is 6.61. The van der Waals surface area contributed by atoms with Gasteiger partial charge in [-0.15, -0.1) is 11.3 Å². The number of nitrogens with zero attached hydrogens (tertiary/aromatic N) is 3. The molecule has 0 spiro atoms. The lowest BCUT2D eigenvalue weighted by Crippen LogP contribution is -2.09. The molecule has 32 heavy (non-hydrogen) atoms. The first-order chi connectivity index (χ1) is 15.5. The molecule has 2 heterocycles. The number of anilines is 1. The molecule has 164 valence electrons. The highest BCUT2D eigenvalue weighted by molar-refractivity contribution is 7.16. The van der Waals surface area contributed by atoms with E-state index in [0.717, 1.165) is 38.6 Å². The van der Waals surface area contributed by atoms with Crippen molar-refractivity contribution in [1.29, 1.82) is 0 Å². The van der Waals surface area contributed by atoms with Gasteiger partial charge in [0.25, 0.3) is 0 Å². The van der Waals surface area contributed by atoms with Crippen LogP contribution in [0.2, 0.25) is 0 Å². The monoisotopic (exact) mass is 448 g/mol. The SMILES string of the molecule is Cc1nc(NC(C)c2cccc(OCCCC(=O)O)c2)cc(-c2ccc3ncsc3c2)n1. The number of nitrogens with one attached hydrogen (secondary N) is 1. The average molecular weight is 449 g/mol. The van der Waals surface area contributed by atoms with Gasteiger partial charge < -0.3 is 15.2 Å². The molecule has 1 atom stereocenters. The van der Waals surface area contributed by atoms with Gasteiger partial charge in [0.15, 0.2) is 0 Å². The number of carboxylic acids is 1. The molecular weight excluding hydrogens is 424 g/mol. The molecule has 0 saturated heterocycles. The van der Waals surface area contributed by atoms with E-state index in [9.17, 15) is 4.79 Å². The summed E-state index contributed by atoms with van der Waals surface area (Å²) in [7, 11) is 0. The number of carbonyl (C=O) groups is 1. The van der Waals surface area contributed by atoms with Gasteiger partial charge in [0.1, 0.15) is 17.4 Å². The van der Waals surface area contributed by atoms with Crippen LogP contribution < -0.4 is 10.1 Å². The van der Waals surface area contributed by atoms with Gasteiger partial charge in [-0.05, 0) is 50.1 Å². The summed E-state index contributed by atoms with van der Waals surface area (Å²) in [5.41, 5.74) is 5.77. The highest BCUT2D eigenvalue weighted by atomic mass is 32.1. The molecule has 0 aliphatic rings. The number of hydrogen-bond donors (Lipinski definition) is 2. The zero-order chi connectivity index (χ0) is 22.5. The number of aryl methyl sites for hydroxylation is 1. The van der Waals surface area contributed by atoms with Crippen LogP contribution in [0.4, 0.5) is 5.82 Å². The molecule has 0 saturated carbocycles. The minimum atomic E-state index is -0.813. The summed E-state index contributed by atoms with van der Waals surface area (Å²) in [4.78, 5) is 24.1. The molecule has 2 aromatic carbocycles. The molecule has 4 rings (SSSR count). The van der Waals surface area contributed by atoms with Crippen molar-refractivity contribution >= 4 is 33.3 Å². The van der Waals surface area contributed by atoms with Crippen LogP contribution in [0.25, 0.3) is 21.5 Å². The zero-order valence-corrected chi connectivity index (χ0v) is 18.7. The smallest absolute Gasteiger partial charge is 0.303 e. The molecule has 0 radical (unpaired) electrons. The first-order valence-electron chi connectivity index (χ1n) is 10.4. The molecule has 4 aromatic rings. The molecule has 0 fully saturated rings. The van der Waals surface area contributed by atoms with Gasteiger partial charge in [-0.1, -0.05) is 18.2 Å². The van der Waals surface area contributed by atoms with Crippen molar-refractivity contribution in [2.24, 2.45) is 0 Å². The molecule has 0 bridgehead atoms. The molecule has 0 aliphatic heterocycles. The van der Waals surface area contributed by atoms with Crippen molar-refractivity contribution in [3.63, 3.8) is 0 Å². The van der Waals surface area contributed by atoms with Crippen LogP contribution >= 0.6 is 11.3 Å². The number of ether oxygens (including phenoxy) is 1. The minimum absolute atomic E-state index is 0.0105. The van der Waals surface area contributed by atoms with Gasteiger partial charge in [-0.3, -0.25) is 4.79 Å². The van der Waals surface area contributed by atoms with E-state index in [1.165, 1.54) is 0 Å². The maximum Gasteiger partial charge on any atom is 0.303 e. The van der Waals surface area contributed by atoms with Gasteiger partial charge >= 0.3 is 5.97 Å². The standard InChI is InChI=1S/C24H24N4O3S/c1-15(17-5-3-6-19(11-17)31-10-4-7-24(29)30)26-23-13-21(27-16(2)28-23)18-8-9-20-22(12-18)32-14-25-20/h3,5-6,8-9,11-15H,4,7,10H2,1-2H3,(H,29,30)(H,26,27,28). The summed E-state index contributed by atoms with van der Waals surface area (Å²) in [5, 5.41) is 12.2. The predicted octanol–water partition coefficient (Wildman–Crippen LogP) is 5.48. The maximum atomic E-state index is 10.6. The second-order valence-corrected chi connectivity index (χ2v) is 8.39. The lowest BCUT2D eigenvalue weighted by atomic mass is 10.1. The Morgan fingerprint density at radius 2 is 2.06 bits per heavy atom. The fourth-order valence-corrected chi connectivity index (χ4v) is 4.11. The van der Waals surface area contributed by atoms with Crippen LogP contribution in [-0.2, 0) is 4.79 Å². The third kappa shape index (κ3) is 5.39. The van der Waals surface area contributed by atoms with Gasteiger partial charge in [-0.25, -0.2) is 15.0 Å². The summed E-state index contributed by atoms with van der Waals surface area (Å²) in [6.45, 7) is 4.32. The number of thiazole rings is 1. The highest BCUT2D eigenvalue weighted by Gasteiger charge is 2.11. The maximum absolute atomic E-state index is 10.6. The van der Waals surface area contributed by atoms with Crippen LogP contribution in [0, 0.1) is 6.92 Å². The zero-order valence-electron chi connectivity index (χ0n) is 17.9. The lowest BCUT2D eigenvalue weighted by molar-refractivity contribution is -0.137. The average Bonchev–Trinajstić information content (AvgIpc) is 3.24. The first kappa shape index (κ1) is 21.7. The number of carboxylic acid groups (broad SMARTS) is 1. The highest BCUT2D eigenvalue weighted by Crippen LogP contribution is 2.28. The third-order valence-electron chi connectivity index (χ3n) is 4.99. The van der Waals surface area contributed by atoms with Gasteiger partial charge in [-0.2, -0.15) is 0 Å². The summed E-state index contributed by atoms with van der Waals surface area (Å²) in [6, 6.07) is 15.9. The van der Waals surface area contributed by atoms with Gasteiger partial charge in [0, 0.05) is 18.1 Å². The minimum Gasteiger partial charge on any atom is -0.494 e. The number of aromatic nitrogens is 3. The Morgan fingerprint density at radius 3 is 2.91 bits per heavy atom. The van der Waals surface area contributed by atoms with E-state index >= 15 is 0 Å². The van der Waals surface area contributed by atoms with E-state index < -0.39 is 5.97 Å². The molecule has 1 unspecified atom stereocenters. The predicted molar refractivity (Wildman–Crippen MR) is 126 cm³/mol. The topological polar surface area (TPSA) is 97.2 Å². The second kappa shape index (κ2) is 9.74. The van der Waals surface area contributed by atoms with E-state index in [0.29, 0.717) is 18.9 Å². The van der Waals surface area contributed by atoms with Crippen molar-refractivity contribution in [3.8, 4) is 17.0 Å². The quantitative estimate of drug-likeness (QED) is 0.327. The number of rotatable bonds is 9. The van der Waals surface area contributed by atoms with E-state index in [2.05, 4.69) is 33.3 Å². The lowest BCUT2D eigenvalue weighted by Gasteiger charge is -2.17. The largest absolute Gasteiger partial charge is 0.494 e. The summed E-state index contributed by atoms with van der Waals surface area (Å²) in [5.74, 6) is 1.35. The molecule has 8 heteroatoms. The van der Waals surface area contributed by atoms with Crippen LogP contribution in [0.5, 0.6) is 5.75 Å². The molecular formula is C24H24N4O3S. The van der Waals surface area contributed by atoms with Crippen LogP contribution in [0.3, 0.4) is 0 Å². The van der Waals surface area contributed by atoms with Crippen molar-refractivity contribution < 1.29 is 14.6 Å². The van der Waals surface area contributed by atoms with Gasteiger partial charge in [0.2, 0.25) is 0 Å². The Hall–Kier alpha value is -3.52. The number of benzene rings is 2. The van der Waals surface area contributed by atoms with Crippen LogP contribution in [0.15, 0.2) is 54.0 Å². The van der Waals surface area contributed by atoms with Crippen molar-refractivity contribution in [3.05, 3.63) is 65.4 Å². The van der Waals surface area contributed by atoms with Crippen LogP contribution in [-0.4, -0.2) is 32.6 Å². The summed E-state index contributed by atoms with van der Waals surface area (Å²) < 4.78 is 6.83.